The molecular formula is C14H19N5O. The van der Waals surface area contributed by atoms with Crippen LogP contribution in [-0.4, -0.2) is 20.7 Å². The second-order valence-electron chi connectivity index (χ2n) is 4.51. The maximum absolute atomic E-state index is 11.9. The number of benzene rings is 1. The van der Waals surface area contributed by atoms with Crippen LogP contribution in [0.4, 0.5) is 0 Å². The van der Waals surface area contributed by atoms with Crippen molar-refractivity contribution in [1.82, 2.24) is 20.1 Å². The van der Waals surface area contributed by atoms with Crippen molar-refractivity contribution in [3.05, 3.63) is 47.5 Å². The Morgan fingerprint density at radius 2 is 2.00 bits per heavy atom. The third-order valence-corrected chi connectivity index (χ3v) is 3.10. The average molecular weight is 273 g/mol. The van der Waals surface area contributed by atoms with Gasteiger partial charge in [0.05, 0.1) is 13.0 Å². The van der Waals surface area contributed by atoms with E-state index in [0.717, 1.165) is 23.5 Å². The largest absolute Gasteiger partial charge is 0.349 e. The molecule has 0 unspecified atom stereocenters. The number of carbonyl (C=O) groups excluding carboxylic acids is 1. The Bertz CT molecular complexity index is 561. The van der Waals surface area contributed by atoms with Crippen LogP contribution in [0.25, 0.3) is 0 Å². The first-order valence-corrected chi connectivity index (χ1v) is 6.64. The number of carbonyl (C=O) groups is 1. The van der Waals surface area contributed by atoms with Crippen molar-refractivity contribution in [2.45, 2.75) is 33.0 Å². The van der Waals surface area contributed by atoms with E-state index in [1.165, 1.54) is 0 Å². The third kappa shape index (κ3) is 3.64. The van der Waals surface area contributed by atoms with Crippen LogP contribution in [0.2, 0.25) is 0 Å². The van der Waals surface area contributed by atoms with Gasteiger partial charge in [0.1, 0.15) is 6.33 Å². The number of rotatable bonds is 6. The quantitative estimate of drug-likeness (QED) is 0.807. The SMILES string of the molecule is CCn1cnnc1CNC(=O)Cc1ccc(CN)cc1. The summed E-state index contributed by atoms with van der Waals surface area (Å²) in [6.07, 6.45) is 2.01. The van der Waals surface area contributed by atoms with Gasteiger partial charge in [-0.15, -0.1) is 10.2 Å². The number of aryl methyl sites for hydroxylation is 1. The Kier molecular flexibility index (Phi) is 4.84. The molecule has 0 atom stereocenters. The summed E-state index contributed by atoms with van der Waals surface area (Å²) in [7, 11) is 0. The Morgan fingerprint density at radius 3 is 2.65 bits per heavy atom. The van der Waals surface area contributed by atoms with Crippen molar-refractivity contribution in [2.24, 2.45) is 5.73 Å². The topological polar surface area (TPSA) is 85.8 Å². The molecule has 6 nitrogen and oxygen atoms in total. The standard InChI is InChI=1S/C14H19N5O/c1-2-19-10-17-18-13(19)9-16-14(20)7-11-3-5-12(8-15)6-4-11/h3-6,10H,2,7-9,15H2,1H3,(H,16,20). The van der Waals surface area contributed by atoms with Gasteiger partial charge in [0.15, 0.2) is 5.82 Å². The van der Waals surface area contributed by atoms with Crippen LogP contribution >= 0.6 is 0 Å². The molecule has 0 saturated carbocycles. The molecule has 106 valence electrons. The van der Waals surface area contributed by atoms with E-state index >= 15 is 0 Å². The van der Waals surface area contributed by atoms with Crippen LogP contribution in [0, 0.1) is 0 Å². The normalized spacial score (nSPS) is 10.5. The van der Waals surface area contributed by atoms with Crippen LogP contribution in [0.15, 0.2) is 30.6 Å². The van der Waals surface area contributed by atoms with Crippen LogP contribution in [0.3, 0.4) is 0 Å². The highest BCUT2D eigenvalue weighted by molar-refractivity contribution is 5.78. The molecule has 0 radical (unpaired) electrons. The summed E-state index contributed by atoms with van der Waals surface area (Å²) in [6.45, 7) is 3.71. The van der Waals surface area contributed by atoms with Gasteiger partial charge < -0.3 is 15.6 Å². The van der Waals surface area contributed by atoms with Crippen molar-refractivity contribution in [3.8, 4) is 0 Å². The lowest BCUT2D eigenvalue weighted by Gasteiger charge is -2.06. The maximum Gasteiger partial charge on any atom is 0.224 e. The zero-order valence-corrected chi connectivity index (χ0v) is 11.5. The first-order chi connectivity index (χ1) is 9.72. The molecule has 0 fully saturated rings. The highest BCUT2D eigenvalue weighted by Gasteiger charge is 2.06. The average Bonchev–Trinajstić information content (AvgIpc) is 2.93. The third-order valence-electron chi connectivity index (χ3n) is 3.10. The smallest absolute Gasteiger partial charge is 0.224 e. The second kappa shape index (κ2) is 6.81. The van der Waals surface area contributed by atoms with Crippen LogP contribution in [0.1, 0.15) is 23.9 Å². The minimum atomic E-state index is -0.0313. The molecule has 1 aromatic heterocycles. The van der Waals surface area contributed by atoms with E-state index < -0.39 is 0 Å². The first kappa shape index (κ1) is 14.2. The highest BCUT2D eigenvalue weighted by Crippen LogP contribution is 2.04. The van der Waals surface area contributed by atoms with E-state index in [4.69, 9.17) is 5.73 Å². The highest BCUT2D eigenvalue weighted by atomic mass is 16.1. The van der Waals surface area contributed by atoms with Gasteiger partial charge >= 0.3 is 0 Å². The molecule has 2 aromatic rings. The number of aromatic nitrogens is 3. The number of nitrogens with two attached hydrogens (primary N) is 1. The summed E-state index contributed by atoms with van der Waals surface area (Å²) < 4.78 is 1.90. The predicted octanol–water partition coefficient (Wildman–Crippen LogP) is 0.616. The summed E-state index contributed by atoms with van der Waals surface area (Å²) in [5.41, 5.74) is 7.57. The number of nitrogens with one attached hydrogen (secondary N) is 1. The number of hydrogen-bond acceptors (Lipinski definition) is 4. The summed E-state index contributed by atoms with van der Waals surface area (Å²) in [5, 5.41) is 10.6. The molecule has 0 aliphatic heterocycles. The molecule has 20 heavy (non-hydrogen) atoms. The van der Waals surface area contributed by atoms with Crippen molar-refractivity contribution in [3.63, 3.8) is 0 Å². The lowest BCUT2D eigenvalue weighted by molar-refractivity contribution is -0.120. The Labute approximate surface area is 118 Å². The maximum atomic E-state index is 11.9. The van der Waals surface area contributed by atoms with E-state index in [2.05, 4.69) is 15.5 Å². The van der Waals surface area contributed by atoms with Gasteiger partial charge in [0.25, 0.3) is 0 Å². The van der Waals surface area contributed by atoms with E-state index in [1.807, 2.05) is 35.8 Å². The lowest BCUT2D eigenvalue weighted by atomic mass is 10.1. The molecule has 3 N–H and O–H groups in total. The minimum Gasteiger partial charge on any atom is -0.349 e. The van der Waals surface area contributed by atoms with Gasteiger partial charge in [0, 0.05) is 13.1 Å². The summed E-state index contributed by atoms with van der Waals surface area (Å²) in [5.74, 6) is 0.732. The molecule has 0 bridgehead atoms. The fourth-order valence-corrected chi connectivity index (χ4v) is 1.90. The van der Waals surface area contributed by atoms with Gasteiger partial charge in [-0.3, -0.25) is 4.79 Å². The van der Waals surface area contributed by atoms with Crippen LogP contribution < -0.4 is 11.1 Å². The van der Waals surface area contributed by atoms with Crippen molar-refractivity contribution in [1.29, 1.82) is 0 Å². The minimum absolute atomic E-state index is 0.0313. The Hall–Kier alpha value is -2.21. The molecule has 0 aliphatic rings. The summed E-state index contributed by atoms with van der Waals surface area (Å²) >= 11 is 0. The van der Waals surface area contributed by atoms with Gasteiger partial charge in [-0.2, -0.15) is 0 Å². The number of nitrogens with zero attached hydrogens (tertiary/aromatic N) is 3. The van der Waals surface area contributed by atoms with Gasteiger partial charge in [-0.25, -0.2) is 0 Å². The predicted molar refractivity (Wildman–Crippen MR) is 75.6 cm³/mol. The zero-order chi connectivity index (χ0) is 14.4. The van der Waals surface area contributed by atoms with Gasteiger partial charge in [0.2, 0.25) is 5.91 Å². The lowest BCUT2D eigenvalue weighted by Crippen LogP contribution is -2.26. The molecule has 0 saturated heterocycles. The molecule has 0 spiro atoms. The van der Waals surface area contributed by atoms with Crippen molar-refractivity contribution < 1.29 is 4.79 Å². The molecule has 0 aliphatic carbocycles. The molecule has 6 heteroatoms. The Balaban J connectivity index is 1.86. The fourth-order valence-electron chi connectivity index (χ4n) is 1.90. The number of amides is 1. The van der Waals surface area contributed by atoms with Crippen LogP contribution in [-0.2, 0) is 30.8 Å². The molecule has 1 aromatic carbocycles. The van der Waals surface area contributed by atoms with Gasteiger partial charge in [-0.05, 0) is 18.1 Å². The molecule has 1 amide bonds. The van der Waals surface area contributed by atoms with Crippen molar-refractivity contribution >= 4 is 5.91 Å². The van der Waals surface area contributed by atoms with Gasteiger partial charge in [-0.1, -0.05) is 24.3 Å². The Morgan fingerprint density at radius 1 is 1.30 bits per heavy atom. The fraction of sp³-hybridized carbons (Fsp3) is 0.357. The van der Waals surface area contributed by atoms with E-state index in [-0.39, 0.29) is 5.91 Å². The summed E-state index contributed by atoms with van der Waals surface area (Å²) in [4.78, 5) is 11.9. The van der Waals surface area contributed by atoms with Crippen molar-refractivity contribution in [2.75, 3.05) is 0 Å². The van der Waals surface area contributed by atoms with E-state index in [9.17, 15) is 4.79 Å². The second-order valence-corrected chi connectivity index (χ2v) is 4.51. The summed E-state index contributed by atoms with van der Waals surface area (Å²) in [6, 6.07) is 7.74. The monoisotopic (exact) mass is 273 g/mol. The zero-order valence-electron chi connectivity index (χ0n) is 11.5. The molecular weight excluding hydrogens is 254 g/mol. The first-order valence-electron chi connectivity index (χ1n) is 6.64. The molecule has 1 heterocycles. The van der Waals surface area contributed by atoms with E-state index in [1.54, 1.807) is 6.33 Å². The number of hydrogen-bond donors (Lipinski definition) is 2. The molecule has 2 rings (SSSR count). The van der Waals surface area contributed by atoms with Crippen LogP contribution in [0.5, 0.6) is 0 Å². The van der Waals surface area contributed by atoms with E-state index in [0.29, 0.717) is 19.5 Å².